The van der Waals surface area contributed by atoms with E-state index in [9.17, 15) is 4.79 Å². The van der Waals surface area contributed by atoms with Crippen molar-refractivity contribution >= 4 is 5.91 Å². The number of carbonyl (C=O) groups excluding carboxylic acids is 1. The van der Waals surface area contributed by atoms with Crippen LogP contribution in [0.5, 0.6) is 0 Å². The van der Waals surface area contributed by atoms with E-state index in [-0.39, 0.29) is 30.9 Å². The molecule has 4 nitrogen and oxygen atoms in total. The summed E-state index contributed by atoms with van der Waals surface area (Å²) in [5.74, 6) is 0.00735. The fourth-order valence-corrected chi connectivity index (χ4v) is 1.03. The van der Waals surface area contributed by atoms with E-state index in [0.29, 0.717) is 5.70 Å². The van der Waals surface area contributed by atoms with Crippen LogP contribution in [0.4, 0.5) is 0 Å². The molecule has 0 rings (SSSR count). The number of hydrogen-bond donors (Lipinski definition) is 3. The first-order valence-electron chi connectivity index (χ1n) is 4.33. The third kappa shape index (κ3) is 4.52. The Hall–Kier alpha value is -1.03. The topological polar surface area (TPSA) is 75.3 Å². The molecule has 4 heteroatoms. The molecule has 0 aliphatic heterocycles. The van der Waals surface area contributed by atoms with Gasteiger partial charge in [0.05, 0.1) is 12.6 Å². The highest BCUT2D eigenvalue weighted by Crippen LogP contribution is 2.06. The van der Waals surface area contributed by atoms with Gasteiger partial charge in [0.25, 0.3) is 0 Å². The zero-order valence-electron chi connectivity index (χ0n) is 8.21. The van der Waals surface area contributed by atoms with Crippen LogP contribution in [0.2, 0.25) is 0 Å². The largest absolute Gasteiger partial charge is 0.401 e. The molecule has 0 aliphatic carbocycles. The summed E-state index contributed by atoms with van der Waals surface area (Å²) < 4.78 is 0. The second-order valence-corrected chi connectivity index (χ2v) is 3.34. The fraction of sp³-hybridized carbons (Fsp3) is 0.667. The fourth-order valence-electron chi connectivity index (χ4n) is 1.03. The summed E-state index contributed by atoms with van der Waals surface area (Å²) in [6.45, 7) is 7.34. The molecule has 0 saturated carbocycles. The Kier molecular flexibility index (Phi) is 5.14. The molecule has 1 amide bonds. The number of nitrogens with one attached hydrogen (secondary N) is 1. The maximum atomic E-state index is 11.1. The highest BCUT2D eigenvalue weighted by atomic mass is 16.3. The molecule has 0 aromatic rings. The second-order valence-electron chi connectivity index (χ2n) is 3.34. The number of aliphatic hydroxyl groups is 1. The molecular formula is C9H18N2O2. The minimum absolute atomic E-state index is 0.108. The van der Waals surface area contributed by atoms with E-state index >= 15 is 0 Å². The van der Waals surface area contributed by atoms with Crippen LogP contribution in [0.25, 0.3) is 0 Å². The van der Waals surface area contributed by atoms with Gasteiger partial charge >= 0.3 is 0 Å². The van der Waals surface area contributed by atoms with Crippen LogP contribution < -0.4 is 11.1 Å². The third-order valence-corrected chi connectivity index (χ3v) is 1.72. The van der Waals surface area contributed by atoms with Gasteiger partial charge in [-0.1, -0.05) is 20.4 Å². The number of amides is 1. The second kappa shape index (κ2) is 5.59. The van der Waals surface area contributed by atoms with Crippen LogP contribution in [0, 0.1) is 5.92 Å². The van der Waals surface area contributed by atoms with Gasteiger partial charge in [0.2, 0.25) is 5.91 Å². The Morgan fingerprint density at radius 1 is 1.62 bits per heavy atom. The van der Waals surface area contributed by atoms with Crippen LogP contribution in [-0.2, 0) is 4.79 Å². The van der Waals surface area contributed by atoms with Crippen molar-refractivity contribution in [2.75, 3.05) is 6.61 Å². The van der Waals surface area contributed by atoms with E-state index in [1.54, 1.807) is 0 Å². The maximum absolute atomic E-state index is 11.1. The Morgan fingerprint density at radius 2 is 2.15 bits per heavy atom. The molecule has 0 bridgehead atoms. The lowest BCUT2D eigenvalue weighted by atomic mass is 10.0. The molecule has 0 spiro atoms. The lowest BCUT2D eigenvalue weighted by Gasteiger charge is -2.21. The van der Waals surface area contributed by atoms with Crippen molar-refractivity contribution in [1.29, 1.82) is 0 Å². The molecule has 0 saturated heterocycles. The summed E-state index contributed by atoms with van der Waals surface area (Å²) >= 11 is 0. The minimum Gasteiger partial charge on any atom is -0.401 e. The summed E-state index contributed by atoms with van der Waals surface area (Å²) in [6.07, 6.45) is 0.108. The smallest absolute Gasteiger partial charge is 0.222 e. The summed E-state index contributed by atoms with van der Waals surface area (Å²) in [5.41, 5.74) is 5.96. The summed E-state index contributed by atoms with van der Waals surface area (Å²) in [4.78, 5) is 11.1. The van der Waals surface area contributed by atoms with Crippen molar-refractivity contribution < 1.29 is 9.90 Å². The zero-order valence-corrected chi connectivity index (χ0v) is 8.21. The van der Waals surface area contributed by atoms with Gasteiger partial charge in [-0.25, -0.2) is 0 Å². The van der Waals surface area contributed by atoms with E-state index in [0.717, 1.165) is 0 Å². The molecule has 0 aliphatic rings. The van der Waals surface area contributed by atoms with Crippen LogP contribution in [0.1, 0.15) is 20.3 Å². The van der Waals surface area contributed by atoms with Gasteiger partial charge < -0.3 is 16.2 Å². The average Bonchev–Trinajstić information content (AvgIpc) is 1.99. The molecule has 76 valence electrons. The summed E-state index contributed by atoms with van der Waals surface area (Å²) in [6, 6.07) is -0.209. The quantitative estimate of drug-likeness (QED) is 0.565. The maximum Gasteiger partial charge on any atom is 0.222 e. The zero-order chi connectivity index (χ0) is 10.4. The van der Waals surface area contributed by atoms with Crippen LogP contribution in [-0.4, -0.2) is 23.7 Å². The van der Waals surface area contributed by atoms with Crippen LogP contribution in [0.3, 0.4) is 0 Å². The average molecular weight is 186 g/mol. The van der Waals surface area contributed by atoms with Crippen molar-refractivity contribution in [3.05, 3.63) is 12.3 Å². The normalized spacial score (nSPS) is 12.6. The van der Waals surface area contributed by atoms with Crippen LogP contribution in [0.15, 0.2) is 12.3 Å². The lowest BCUT2D eigenvalue weighted by Crippen LogP contribution is -2.42. The number of aliphatic hydroxyl groups excluding tert-OH is 1. The van der Waals surface area contributed by atoms with Gasteiger partial charge in [0.1, 0.15) is 0 Å². The number of hydrogen-bond acceptors (Lipinski definition) is 3. The number of nitrogens with two attached hydrogens (primary N) is 1. The monoisotopic (exact) mass is 186 g/mol. The molecule has 13 heavy (non-hydrogen) atoms. The minimum atomic E-state index is -0.209. The highest BCUT2D eigenvalue weighted by molar-refractivity contribution is 5.76. The van der Waals surface area contributed by atoms with E-state index in [1.807, 2.05) is 13.8 Å². The SMILES string of the molecule is C=C(N)[C@@H](NC(=O)CCO)C(C)C. The van der Waals surface area contributed by atoms with Crippen molar-refractivity contribution in [2.24, 2.45) is 11.7 Å². The van der Waals surface area contributed by atoms with Crippen LogP contribution >= 0.6 is 0 Å². The van der Waals surface area contributed by atoms with Gasteiger partial charge in [-0.15, -0.1) is 0 Å². The molecule has 1 atom stereocenters. The molecule has 0 aromatic heterocycles. The number of carbonyl (C=O) groups is 1. The van der Waals surface area contributed by atoms with Crippen molar-refractivity contribution in [3.63, 3.8) is 0 Å². The Labute approximate surface area is 78.8 Å². The Morgan fingerprint density at radius 3 is 2.46 bits per heavy atom. The lowest BCUT2D eigenvalue weighted by molar-refractivity contribution is -0.122. The molecular weight excluding hydrogens is 168 g/mol. The molecule has 4 N–H and O–H groups in total. The van der Waals surface area contributed by atoms with Gasteiger partial charge in [0, 0.05) is 12.1 Å². The van der Waals surface area contributed by atoms with Crippen molar-refractivity contribution in [1.82, 2.24) is 5.32 Å². The summed E-state index contributed by atoms with van der Waals surface area (Å²) in [7, 11) is 0. The molecule has 0 fully saturated rings. The molecule has 0 aromatic carbocycles. The number of rotatable bonds is 5. The van der Waals surface area contributed by atoms with Crippen molar-refractivity contribution in [2.45, 2.75) is 26.3 Å². The Balaban J connectivity index is 4.10. The van der Waals surface area contributed by atoms with Crippen molar-refractivity contribution in [3.8, 4) is 0 Å². The van der Waals surface area contributed by atoms with E-state index in [1.165, 1.54) is 0 Å². The van der Waals surface area contributed by atoms with Gasteiger partial charge in [-0.05, 0) is 5.92 Å². The van der Waals surface area contributed by atoms with Gasteiger partial charge in [-0.2, -0.15) is 0 Å². The third-order valence-electron chi connectivity index (χ3n) is 1.72. The first-order chi connectivity index (χ1) is 5.99. The van der Waals surface area contributed by atoms with Gasteiger partial charge in [-0.3, -0.25) is 4.79 Å². The first-order valence-corrected chi connectivity index (χ1v) is 4.33. The molecule has 0 heterocycles. The van der Waals surface area contributed by atoms with E-state index in [4.69, 9.17) is 10.8 Å². The van der Waals surface area contributed by atoms with E-state index < -0.39 is 0 Å². The standard InChI is InChI=1S/C9H18N2O2/c1-6(2)9(7(3)10)11-8(13)4-5-12/h6,9,12H,3-5,10H2,1-2H3,(H,11,13)/t9-/m0/s1. The first kappa shape index (κ1) is 12.0. The van der Waals surface area contributed by atoms with Gasteiger partial charge in [0.15, 0.2) is 0 Å². The summed E-state index contributed by atoms with van der Waals surface area (Å²) in [5, 5.41) is 11.2. The molecule has 0 radical (unpaired) electrons. The molecule has 0 unspecified atom stereocenters. The predicted octanol–water partition coefficient (Wildman–Crippen LogP) is -0.0180. The highest BCUT2D eigenvalue weighted by Gasteiger charge is 2.16. The van der Waals surface area contributed by atoms with E-state index in [2.05, 4.69) is 11.9 Å². The predicted molar refractivity (Wildman–Crippen MR) is 51.8 cm³/mol. The Bertz CT molecular complexity index is 190.